The number of aromatic nitrogens is 1. The summed E-state index contributed by atoms with van der Waals surface area (Å²) in [4.78, 5) is 0. The molecule has 2 unspecified atom stereocenters. The Hall–Kier alpha value is -0.850. The van der Waals surface area contributed by atoms with Crippen LogP contribution in [-0.4, -0.2) is 0 Å². The van der Waals surface area contributed by atoms with E-state index >= 15 is 0 Å². The molecule has 2 atom stereocenters. The zero-order valence-corrected chi connectivity index (χ0v) is 16.7. The lowest BCUT2D eigenvalue weighted by atomic mass is 9.92. The van der Waals surface area contributed by atoms with Gasteiger partial charge in [0, 0.05) is 25.0 Å². The van der Waals surface area contributed by atoms with E-state index in [0.29, 0.717) is 6.04 Å². The van der Waals surface area contributed by atoms with Crippen molar-refractivity contribution >= 4 is 0 Å². The molecule has 0 aliphatic carbocycles. The maximum absolute atomic E-state index is 2.47. The Morgan fingerprint density at radius 3 is 1.88 bits per heavy atom. The number of hydrogen-bond acceptors (Lipinski definition) is 0. The SMILES string of the molecule is CCCCCCCCC(CC(C)CCCCCC)[n+]1ccccc1. The van der Waals surface area contributed by atoms with Crippen molar-refractivity contribution in [3.05, 3.63) is 30.6 Å². The number of rotatable bonds is 15. The van der Waals surface area contributed by atoms with Crippen LogP contribution in [-0.2, 0) is 0 Å². The maximum Gasteiger partial charge on any atom is 0.169 e. The first-order chi connectivity index (χ1) is 11.8. The minimum absolute atomic E-state index is 0.693. The maximum atomic E-state index is 2.47. The standard InChI is InChI=1S/C23H42N/c1-4-6-8-10-11-14-18-23(24-19-15-12-16-20-24)21-22(3)17-13-9-7-5-2/h12,15-16,19-20,22-23H,4-11,13-14,17-18,21H2,1-3H3/q+1. The second-order valence-electron chi connectivity index (χ2n) is 7.72. The molecular formula is C23H42N+. The summed E-state index contributed by atoms with van der Waals surface area (Å²) in [6, 6.07) is 7.19. The van der Waals surface area contributed by atoms with Gasteiger partial charge >= 0.3 is 0 Å². The summed E-state index contributed by atoms with van der Waals surface area (Å²) in [5.41, 5.74) is 0. The highest BCUT2D eigenvalue weighted by Gasteiger charge is 2.20. The molecule has 0 aromatic carbocycles. The molecule has 24 heavy (non-hydrogen) atoms. The van der Waals surface area contributed by atoms with Crippen LogP contribution in [0.25, 0.3) is 0 Å². The Balaban J connectivity index is 2.38. The van der Waals surface area contributed by atoms with E-state index in [2.05, 4.69) is 55.9 Å². The molecule has 1 heteroatoms. The molecule has 0 saturated heterocycles. The van der Waals surface area contributed by atoms with E-state index in [4.69, 9.17) is 0 Å². The first-order valence-corrected chi connectivity index (χ1v) is 10.7. The molecule has 0 saturated carbocycles. The molecule has 1 rings (SSSR count). The van der Waals surface area contributed by atoms with Gasteiger partial charge in [-0.05, 0) is 12.3 Å². The lowest BCUT2D eigenvalue weighted by Crippen LogP contribution is -2.39. The van der Waals surface area contributed by atoms with E-state index in [1.807, 2.05) is 0 Å². The van der Waals surface area contributed by atoms with Gasteiger partial charge in [0.1, 0.15) is 0 Å². The molecule has 0 radical (unpaired) electrons. The first kappa shape index (κ1) is 21.2. The predicted molar refractivity (Wildman–Crippen MR) is 106 cm³/mol. The minimum Gasteiger partial charge on any atom is -0.202 e. The van der Waals surface area contributed by atoms with Crippen LogP contribution in [0.1, 0.15) is 110 Å². The predicted octanol–water partition coefficient (Wildman–Crippen LogP) is 7.26. The number of unbranched alkanes of at least 4 members (excludes halogenated alkanes) is 8. The third-order valence-corrected chi connectivity index (χ3v) is 5.28. The van der Waals surface area contributed by atoms with Crippen molar-refractivity contribution in [1.29, 1.82) is 0 Å². The fraction of sp³-hybridized carbons (Fsp3) is 0.783. The monoisotopic (exact) mass is 332 g/mol. The first-order valence-electron chi connectivity index (χ1n) is 10.7. The average Bonchev–Trinajstić information content (AvgIpc) is 2.61. The fourth-order valence-electron chi connectivity index (χ4n) is 3.71. The highest BCUT2D eigenvalue weighted by Crippen LogP contribution is 2.23. The second-order valence-corrected chi connectivity index (χ2v) is 7.72. The third kappa shape index (κ3) is 10.1. The number of hydrogen-bond donors (Lipinski definition) is 0. The van der Waals surface area contributed by atoms with Gasteiger partial charge < -0.3 is 0 Å². The van der Waals surface area contributed by atoms with Gasteiger partial charge in [0.2, 0.25) is 0 Å². The normalized spacial score (nSPS) is 13.8. The van der Waals surface area contributed by atoms with Crippen LogP contribution in [0.4, 0.5) is 0 Å². The van der Waals surface area contributed by atoms with Gasteiger partial charge in [0.25, 0.3) is 0 Å². The van der Waals surface area contributed by atoms with Crippen molar-refractivity contribution in [3.8, 4) is 0 Å². The summed E-state index contributed by atoms with van der Waals surface area (Å²) in [5.74, 6) is 0.847. The van der Waals surface area contributed by atoms with Crippen molar-refractivity contribution in [1.82, 2.24) is 0 Å². The summed E-state index contributed by atoms with van der Waals surface area (Å²) in [6.07, 6.45) is 22.6. The van der Waals surface area contributed by atoms with Crippen LogP contribution in [0.5, 0.6) is 0 Å². The highest BCUT2D eigenvalue weighted by atomic mass is 15.0. The lowest BCUT2D eigenvalue weighted by Gasteiger charge is -2.17. The number of nitrogens with zero attached hydrogens (tertiary/aromatic N) is 1. The van der Waals surface area contributed by atoms with Crippen molar-refractivity contribution in [2.75, 3.05) is 0 Å². The van der Waals surface area contributed by atoms with E-state index in [0.717, 1.165) is 5.92 Å². The van der Waals surface area contributed by atoms with Crippen LogP contribution in [0.15, 0.2) is 30.6 Å². The Morgan fingerprint density at radius 1 is 0.667 bits per heavy atom. The smallest absolute Gasteiger partial charge is 0.169 e. The zero-order chi connectivity index (χ0) is 17.5. The molecule has 0 aliphatic heterocycles. The van der Waals surface area contributed by atoms with Crippen LogP contribution in [0.2, 0.25) is 0 Å². The van der Waals surface area contributed by atoms with Crippen molar-refractivity contribution in [3.63, 3.8) is 0 Å². The molecule has 1 aromatic rings. The minimum atomic E-state index is 0.693. The molecule has 1 aromatic heterocycles. The fourth-order valence-corrected chi connectivity index (χ4v) is 3.71. The third-order valence-electron chi connectivity index (χ3n) is 5.28. The van der Waals surface area contributed by atoms with E-state index in [1.54, 1.807) is 0 Å². The summed E-state index contributed by atoms with van der Waals surface area (Å²) < 4.78 is 2.47. The molecule has 138 valence electrons. The lowest BCUT2D eigenvalue weighted by molar-refractivity contribution is -0.725. The van der Waals surface area contributed by atoms with Crippen molar-refractivity contribution < 1.29 is 4.57 Å². The molecule has 1 heterocycles. The van der Waals surface area contributed by atoms with Gasteiger partial charge in [-0.25, -0.2) is 4.57 Å². The summed E-state index contributed by atoms with van der Waals surface area (Å²) in [6.45, 7) is 7.06. The van der Waals surface area contributed by atoms with E-state index in [-0.39, 0.29) is 0 Å². The summed E-state index contributed by atoms with van der Waals surface area (Å²) in [5, 5.41) is 0. The molecular weight excluding hydrogens is 290 g/mol. The van der Waals surface area contributed by atoms with Gasteiger partial charge in [0.15, 0.2) is 18.4 Å². The molecule has 1 nitrogen and oxygen atoms in total. The van der Waals surface area contributed by atoms with Crippen LogP contribution in [0, 0.1) is 5.92 Å². The molecule has 0 aliphatic rings. The Kier molecular flexibility index (Phi) is 12.8. The molecule has 0 N–H and O–H groups in total. The van der Waals surface area contributed by atoms with E-state index in [1.165, 1.54) is 83.5 Å². The van der Waals surface area contributed by atoms with Crippen LogP contribution < -0.4 is 4.57 Å². The molecule has 0 spiro atoms. The van der Waals surface area contributed by atoms with Crippen molar-refractivity contribution in [2.24, 2.45) is 5.92 Å². The average molecular weight is 333 g/mol. The summed E-state index contributed by atoms with van der Waals surface area (Å²) in [7, 11) is 0. The van der Waals surface area contributed by atoms with Gasteiger partial charge in [-0.2, -0.15) is 0 Å². The van der Waals surface area contributed by atoms with Gasteiger partial charge in [-0.1, -0.05) is 91.0 Å². The van der Waals surface area contributed by atoms with E-state index in [9.17, 15) is 0 Å². The summed E-state index contributed by atoms with van der Waals surface area (Å²) >= 11 is 0. The van der Waals surface area contributed by atoms with E-state index < -0.39 is 0 Å². The number of pyridine rings is 1. The Morgan fingerprint density at radius 2 is 1.21 bits per heavy atom. The second kappa shape index (κ2) is 14.5. The molecule has 0 fully saturated rings. The zero-order valence-electron chi connectivity index (χ0n) is 16.7. The van der Waals surface area contributed by atoms with Crippen molar-refractivity contribution in [2.45, 2.75) is 110 Å². The Bertz CT molecular complexity index is 373. The Labute approximate surface area is 151 Å². The van der Waals surface area contributed by atoms with Crippen LogP contribution in [0.3, 0.4) is 0 Å². The molecule has 0 bridgehead atoms. The quantitative estimate of drug-likeness (QED) is 0.235. The molecule has 0 amide bonds. The van der Waals surface area contributed by atoms with Gasteiger partial charge in [0.05, 0.1) is 0 Å². The van der Waals surface area contributed by atoms with Gasteiger partial charge in [-0.3, -0.25) is 0 Å². The largest absolute Gasteiger partial charge is 0.202 e. The van der Waals surface area contributed by atoms with Crippen LogP contribution >= 0.6 is 0 Å². The van der Waals surface area contributed by atoms with Gasteiger partial charge in [-0.15, -0.1) is 0 Å². The highest BCUT2D eigenvalue weighted by molar-refractivity contribution is 4.84. The topological polar surface area (TPSA) is 3.88 Å².